The minimum atomic E-state index is -0.193. The number of nitrogens with two attached hydrogens (primary N) is 1. The summed E-state index contributed by atoms with van der Waals surface area (Å²) in [6.45, 7) is 3.15. The van der Waals surface area contributed by atoms with Gasteiger partial charge in [-0.2, -0.15) is 0 Å². The third-order valence-corrected chi connectivity index (χ3v) is 5.08. The first-order valence-electron chi connectivity index (χ1n) is 9.84. The summed E-state index contributed by atoms with van der Waals surface area (Å²) in [6.07, 6.45) is 0. The fraction of sp³-hybridized carbons (Fsp3) is 0.167. The van der Waals surface area contributed by atoms with Gasteiger partial charge in [-0.05, 0) is 72.8 Å². The van der Waals surface area contributed by atoms with Crippen LogP contribution in [-0.4, -0.2) is 38.0 Å². The number of nitrogen functional groups attached to an aromatic ring is 1. The van der Waals surface area contributed by atoms with Crippen LogP contribution >= 0.6 is 0 Å². The van der Waals surface area contributed by atoms with Crippen molar-refractivity contribution in [3.05, 3.63) is 89.5 Å². The lowest BCUT2D eigenvalue weighted by Gasteiger charge is -2.28. The van der Waals surface area contributed by atoms with Crippen molar-refractivity contribution in [2.24, 2.45) is 0 Å². The first-order valence-corrected chi connectivity index (χ1v) is 9.84. The van der Waals surface area contributed by atoms with Gasteiger partial charge in [0, 0.05) is 46.8 Å². The number of nitrogens with one attached hydrogen (secondary N) is 1. The molecule has 0 aromatic heterocycles. The molecule has 0 radical (unpaired) electrons. The molecule has 0 bridgehead atoms. The quantitative estimate of drug-likeness (QED) is 0.504. The van der Waals surface area contributed by atoms with Crippen molar-refractivity contribution >= 4 is 28.8 Å². The van der Waals surface area contributed by atoms with Crippen LogP contribution in [0.5, 0.6) is 0 Å². The van der Waals surface area contributed by atoms with Gasteiger partial charge >= 0.3 is 0 Å². The topological polar surface area (TPSA) is 84.7 Å². The SMILES string of the molecule is Nc1ccc(C(=O)c2ccc(NC(=O)c3ccc(N4CCOCC4)cc3)cc2)cc1. The van der Waals surface area contributed by atoms with E-state index in [0.29, 0.717) is 28.1 Å². The number of nitrogens with zero attached hydrogens (tertiary/aromatic N) is 1. The third-order valence-electron chi connectivity index (χ3n) is 5.08. The number of carbonyl (C=O) groups excluding carboxylic acids is 2. The van der Waals surface area contributed by atoms with Crippen molar-refractivity contribution in [1.82, 2.24) is 0 Å². The second-order valence-corrected chi connectivity index (χ2v) is 7.13. The molecule has 0 aliphatic carbocycles. The number of benzene rings is 3. The van der Waals surface area contributed by atoms with Gasteiger partial charge in [0.25, 0.3) is 5.91 Å². The normalized spacial score (nSPS) is 13.7. The van der Waals surface area contributed by atoms with E-state index in [1.165, 1.54) is 0 Å². The predicted octanol–water partition coefficient (Wildman–Crippen LogP) is 3.59. The zero-order valence-corrected chi connectivity index (χ0v) is 16.5. The smallest absolute Gasteiger partial charge is 0.255 e. The standard InChI is InChI=1S/C24H23N3O3/c25-20-7-1-17(2-8-20)23(28)18-3-9-21(10-4-18)26-24(29)19-5-11-22(12-6-19)27-13-15-30-16-14-27/h1-12H,13-16,25H2,(H,26,29). The summed E-state index contributed by atoms with van der Waals surface area (Å²) in [7, 11) is 0. The van der Waals surface area contributed by atoms with Crippen molar-refractivity contribution in [3.8, 4) is 0 Å². The zero-order chi connectivity index (χ0) is 20.9. The highest BCUT2D eigenvalue weighted by Gasteiger charge is 2.13. The molecule has 30 heavy (non-hydrogen) atoms. The second-order valence-electron chi connectivity index (χ2n) is 7.13. The lowest BCUT2D eigenvalue weighted by molar-refractivity contribution is 0.102. The first-order chi connectivity index (χ1) is 14.6. The molecule has 6 heteroatoms. The van der Waals surface area contributed by atoms with Crippen molar-refractivity contribution in [2.45, 2.75) is 0 Å². The van der Waals surface area contributed by atoms with Crippen LogP contribution in [0.3, 0.4) is 0 Å². The molecule has 3 N–H and O–H groups in total. The van der Waals surface area contributed by atoms with Gasteiger partial charge in [0.2, 0.25) is 0 Å². The average molecular weight is 401 g/mol. The Balaban J connectivity index is 1.39. The number of anilines is 3. The molecule has 1 fully saturated rings. The van der Waals surface area contributed by atoms with Gasteiger partial charge < -0.3 is 20.7 Å². The van der Waals surface area contributed by atoms with E-state index in [-0.39, 0.29) is 11.7 Å². The predicted molar refractivity (Wildman–Crippen MR) is 118 cm³/mol. The Morgan fingerprint density at radius 3 is 1.90 bits per heavy atom. The largest absolute Gasteiger partial charge is 0.399 e. The Labute approximate surface area is 175 Å². The lowest BCUT2D eigenvalue weighted by Crippen LogP contribution is -2.36. The molecule has 0 atom stereocenters. The van der Waals surface area contributed by atoms with E-state index >= 15 is 0 Å². The molecule has 6 nitrogen and oxygen atoms in total. The van der Waals surface area contributed by atoms with Crippen LogP contribution in [-0.2, 0) is 4.74 Å². The van der Waals surface area contributed by atoms with Gasteiger partial charge in [-0.15, -0.1) is 0 Å². The number of ketones is 1. The van der Waals surface area contributed by atoms with Crippen LogP contribution in [0.1, 0.15) is 26.3 Å². The Morgan fingerprint density at radius 1 is 0.767 bits per heavy atom. The highest BCUT2D eigenvalue weighted by atomic mass is 16.5. The van der Waals surface area contributed by atoms with Crippen LogP contribution < -0.4 is 16.0 Å². The number of carbonyl (C=O) groups is 2. The number of rotatable bonds is 5. The van der Waals surface area contributed by atoms with Crippen molar-refractivity contribution < 1.29 is 14.3 Å². The summed E-state index contributed by atoms with van der Waals surface area (Å²) in [4.78, 5) is 27.3. The first kappa shape index (κ1) is 19.7. The number of hydrogen-bond donors (Lipinski definition) is 2. The Kier molecular flexibility index (Phi) is 5.77. The lowest BCUT2D eigenvalue weighted by atomic mass is 10.0. The summed E-state index contributed by atoms with van der Waals surface area (Å²) >= 11 is 0. The average Bonchev–Trinajstić information content (AvgIpc) is 2.80. The van der Waals surface area contributed by atoms with E-state index in [1.54, 1.807) is 48.5 Å². The molecular formula is C24H23N3O3. The van der Waals surface area contributed by atoms with E-state index in [0.717, 1.165) is 32.0 Å². The Morgan fingerprint density at radius 2 is 1.30 bits per heavy atom. The van der Waals surface area contributed by atoms with Crippen LogP contribution in [0.2, 0.25) is 0 Å². The molecular weight excluding hydrogens is 378 g/mol. The number of hydrogen-bond acceptors (Lipinski definition) is 5. The Bertz CT molecular complexity index is 1020. The fourth-order valence-electron chi connectivity index (χ4n) is 3.35. The zero-order valence-electron chi connectivity index (χ0n) is 16.5. The van der Waals surface area contributed by atoms with E-state index in [9.17, 15) is 9.59 Å². The maximum atomic E-state index is 12.6. The minimum absolute atomic E-state index is 0.0911. The van der Waals surface area contributed by atoms with Gasteiger partial charge in [0.05, 0.1) is 13.2 Å². The van der Waals surface area contributed by atoms with E-state index in [4.69, 9.17) is 10.5 Å². The van der Waals surface area contributed by atoms with Crippen LogP contribution in [0.4, 0.5) is 17.1 Å². The van der Waals surface area contributed by atoms with Gasteiger partial charge in [0.15, 0.2) is 5.78 Å². The number of amides is 1. The molecule has 1 heterocycles. The van der Waals surface area contributed by atoms with E-state index in [1.807, 2.05) is 24.3 Å². The summed E-state index contributed by atoms with van der Waals surface area (Å²) < 4.78 is 5.37. The number of ether oxygens (including phenoxy) is 1. The highest BCUT2D eigenvalue weighted by molar-refractivity contribution is 6.09. The van der Waals surface area contributed by atoms with Gasteiger partial charge in [-0.1, -0.05) is 0 Å². The van der Waals surface area contributed by atoms with Crippen molar-refractivity contribution in [2.75, 3.05) is 42.3 Å². The van der Waals surface area contributed by atoms with E-state index < -0.39 is 0 Å². The monoisotopic (exact) mass is 401 g/mol. The molecule has 0 spiro atoms. The van der Waals surface area contributed by atoms with Crippen LogP contribution in [0, 0.1) is 0 Å². The summed E-state index contributed by atoms with van der Waals surface area (Å²) in [6, 6.07) is 21.2. The fourth-order valence-corrected chi connectivity index (χ4v) is 3.35. The van der Waals surface area contributed by atoms with E-state index in [2.05, 4.69) is 10.2 Å². The molecule has 0 saturated carbocycles. The number of morpholine rings is 1. The molecule has 1 saturated heterocycles. The molecule has 1 aliphatic heterocycles. The minimum Gasteiger partial charge on any atom is -0.399 e. The summed E-state index contributed by atoms with van der Waals surface area (Å²) in [5.41, 5.74) is 9.69. The van der Waals surface area contributed by atoms with Gasteiger partial charge in [-0.3, -0.25) is 9.59 Å². The van der Waals surface area contributed by atoms with Crippen molar-refractivity contribution in [3.63, 3.8) is 0 Å². The van der Waals surface area contributed by atoms with Crippen LogP contribution in [0.25, 0.3) is 0 Å². The van der Waals surface area contributed by atoms with Crippen molar-refractivity contribution in [1.29, 1.82) is 0 Å². The molecule has 1 amide bonds. The van der Waals surface area contributed by atoms with Crippen LogP contribution in [0.15, 0.2) is 72.8 Å². The van der Waals surface area contributed by atoms with Gasteiger partial charge in [-0.25, -0.2) is 0 Å². The third kappa shape index (κ3) is 4.50. The maximum absolute atomic E-state index is 12.6. The molecule has 3 aromatic rings. The Hall–Kier alpha value is -3.64. The molecule has 1 aliphatic rings. The highest BCUT2D eigenvalue weighted by Crippen LogP contribution is 2.19. The summed E-state index contributed by atoms with van der Waals surface area (Å²) in [5.74, 6) is -0.285. The second kappa shape index (κ2) is 8.80. The maximum Gasteiger partial charge on any atom is 0.255 e. The molecule has 152 valence electrons. The molecule has 3 aromatic carbocycles. The molecule has 4 rings (SSSR count). The molecule has 0 unspecified atom stereocenters. The van der Waals surface area contributed by atoms with Gasteiger partial charge in [0.1, 0.15) is 0 Å². The summed E-state index contributed by atoms with van der Waals surface area (Å²) in [5, 5.41) is 2.87.